The molecular weight excluding hydrogens is 282 g/mol. The van der Waals surface area contributed by atoms with Crippen molar-refractivity contribution in [2.24, 2.45) is 0 Å². The number of aromatic nitrogens is 2. The largest absolute Gasteiger partial charge is 0.490 e. The van der Waals surface area contributed by atoms with E-state index in [1.807, 2.05) is 25.1 Å². The van der Waals surface area contributed by atoms with Crippen LogP contribution in [0.1, 0.15) is 35.4 Å². The van der Waals surface area contributed by atoms with E-state index in [1.54, 1.807) is 0 Å². The van der Waals surface area contributed by atoms with E-state index in [-0.39, 0.29) is 11.9 Å². The highest BCUT2D eigenvalue weighted by Crippen LogP contribution is 2.32. The monoisotopic (exact) mass is 299 g/mol. The lowest BCUT2D eigenvalue weighted by Crippen LogP contribution is -2.27. The van der Waals surface area contributed by atoms with Crippen LogP contribution in [0.15, 0.2) is 36.8 Å². The maximum atomic E-state index is 12.1. The molecule has 6 heteroatoms. The summed E-state index contributed by atoms with van der Waals surface area (Å²) in [5, 5.41) is 2.90. The van der Waals surface area contributed by atoms with Gasteiger partial charge in [0.1, 0.15) is 5.69 Å². The van der Waals surface area contributed by atoms with Gasteiger partial charge in [0.2, 0.25) is 0 Å². The van der Waals surface area contributed by atoms with E-state index in [0.29, 0.717) is 18.9 Å². The van der Waals surface area contributed by atoms with Crippen molar-refractivity contribution >= 4 is 5.91 Å². The van der Waals surface area contributed by atoms with Crippen LogP contribution in [0, 0.1) is 0 Å². The van der Waals surface area contributed by atoms with Gasteiger partial charge < -0.3 is 14.8 Å². The number of rotatable bonds is 3. The standard InChI is InChI=1S/C16H17N3O3/c1-11(19-16(20)13-10-17-5-6-18-13)12-3-4-14-15(9-12)22-8-2-7-21-14/h3-6,9-11H,2,7-8H2,1H3,(H,19,20)/t11-/m1/s1. The molecule has 0 radical (unpaired) electrons. The average molecular weight is 299 g/mol. The van der Waals surface area contributed by atoms with Crippen molar-refractivity contribution in [2.75, 3.05) is 13.2 Å². The summed E-state index contributed by atoms with van der Waals surface area (Å²) in [5.41, 5.74) is 1.24. The summed E-state index contributed by atoms with van der Waals surface area (Å²) in [5.74, 6) is 1.21. The number of nitrogens with zero attached hydrogens (tertiary/aromatic N) is 2. The van der Waals surface area contributed by atoms with Gasteiger partial charge >= 0.3 is 0 Å². The van der Waals surface area contributed by atoms with Crippen LogP contribution < -0.4 is 14.8 Å². The van der Waals surface area contributed by atoms with Crippen molar-refractivity contribution in [3.8, 4) is 11.5 Å². The molecule has 1 atom stereocenters. The van der Waals surface area contributed by atoms with Gasteiger partial charge in [0.25, 0.3) is 5.91 Å². The van der Waals surface area contributed by atoms with E-state index in [1.165, 1.54) is 18.6 Å². The van der Waals surface area contributed by atoms with Gasteiger partial charge in [-0.05, 0) is 24.6 Å². The normalized spacial score (nSPS) is 14.8. The number of nitrogens with one attached hydrogen (secondary N) is 1. The van der Waals surface area contributed by atoms with Gasteiger partial charge in [0.05, 0.1) is 25.5 Å². The summed E-state index contributed by atoms with van der Waals surface area (Å²) in [6, 6.07) is 5.53. The number of carbonyl (C=O) groups excluding carboxylic acids is 1. The van der Waals surface area contributed by atoms with Gasteiger partial charge in [-0.3, -0.25) is 9.78 Å². The molecule has 1 N–H and O–H groups in total. The number of amides is 1. The Hall–Kier alpha value is -2.63. The Bertz CT molecular complexity index is 661. The Morgan fingerprint density at radius 3 is 2.82 bits per heavy atom. The van der Waals surface area contributed by atoms with Gasteiger partial charge in [-0.1, -0.05) is 6.07 Å². The van der Waals surface area contributed by atoms with Gasteiger partial charge in [-0.25, -0.2) is 4.98 Å². The van der Waals surface area contributed by atoms with Crippen LogP contribution in [-0.4, -0.2) is 29.1 Å². The molecule has 0 aliphatic carbocycles. The summed E-state index contributed by atoms with van der Waals surface area (Å²) < 4.78 is 11.3. The Morgan fingerprint density at radius 2 is 2.05 bits per heavy atom. The first kappa shape index (κ1) is 14.3. The van der Waals surface area contributed by atoms with Crippen LogP contribution in [0.2, 0.25) is 0 Å². The molecule has 0 bridgehead atoms. The summed E-state index contributed by atoms with van der Waals surface area (Å²) in [6.07, 6.45) is 5.33. The summed E-state index contributed by atoms with van der Waals surface area (Å²) >= 11 is 0. The van der Waals surface area contributed by atoms with Crippen molar-refractivity contribution in [1.29, 1.82) is 0 Å². The van der Waals surface area contributed by atoms with Crippen molar-refractivity contribution < 1.29 is 14.3 Å². The highest BCUT2D eigenvalue weighted by molar-refractivity contribution is 5.92. The fourth-order valence-electron chi connectivity index (χ4n) is 2.22. The second-order valence-corrected chi connectivity index (χ2v) is 5.04. The highest BCUT2D eigenvalue weighted by atomic mass is 16.5. The Morgan fingerprint density at radius 1 is 1.23 bits per heavy atom. The minimum atomic E-state index is -0.257. The zero-order chi connectivity index (χ0) is 15.4. The molecule has 114 valence electrons. The number of carbonyl (C=O) groups is 1. The smallest absolute Gasteiger partial charge is 0.271 e. The maximum Gasteiger partial charge on any atom is 0.271 e. The third-order valence-electron chi connectivity index (χ3n) is 3.41. The van der Waals surface area contributed by atoms with Gasteiger partial charge in [-0.2, -0.15) is 0 Å². The Labute approximate surface area is 128 Å². The molecule has 1 aliphatic heterocycles. The predicted molar refractivity (Wildman–Crippen MR) is 80.0 cm³/mol. The molecule has 0 unspecified atom stereocenters. The molecule has 0 spiro atoms. The van der Waals surface area contributed by atoms with Crippen LogP contribution in [0.4, 0.5) is 0 Å². The zero-order valence-corrected chi connectivity index (χ0v) is 12.3. The molecule has 0 fully saturated rings. The molecular formula is C16H17N3O3. The zero-order valence-electron chi connectivity index (χ0n) is 12.3. The number of hydrogen-bond donors (Lipinski definition) is 1. The van der Waals surface area contributed by atoms with Crippen LogP contribution in [0.25, 0.3) is 0 Å². The molecule has 1 aromatic carbocycles. The fourth-order valence-corrected chi connectivity index (χ4v) is 2.22. The summed E-state index contributed by atoms with van der Waals surface area (Å²) in [4.78, 5) is 20.0. The van der Waals surface area contributed by atoms with Crippen LogP contribution in [0.5, 0.6) is 11.5 Å². The van der Waals surface area contributed by atoms with Crippen LogP contribution in [-0.2, 0) is 0 Å². The van der Waals surface area contributed by atoms with E-state index >= 15 is 0 Å². The minimum absolute atomic E-state index is 0.174. The molecule has 1 aromatic heterocycles. The lowest BCUT2D eigenvalue weighted by molar-refractivity contribution is 0.0934. The van der Waals surface area contributed by atoms with E-state index in [2.05, 4.69) is 15.3 Å². The molecule has 2 heterocycles. The van der Waals surface area contributed by atoms with Gasteiger partial charge in [-0.15, -0.1) is 0 Å². The fraction of sp³-hybridized carbons (Fsp3) is 0.312. The van der Waals surface area contributed by atoms with Crippen molar-refractivity contribution in [3.63, 3.8) is 0 Å². The number of hydrogen-bond acceptors (Lipinski definition) is 5. The van der Waals surface area contributed by atoms with Crippen LogP contribution in [0.3, 0.4) is 0 Å². The summed E-state index contributed by atoms with van der Waals surface area (Å²) in [6.45, 7) is 3.20. The first-order valence-corrected chi connectivity index (χ1v) is 7.20. The topological polar surface area (TPSA) is 73.3 Å². The molecule has 0 saturated heterocycles. The highest BCUT2D eigenvalue weighted by Gasteiger charge is 2.16. The van der Waals surface area contributed by atoms with E-state index in [4.69, 9.17) is 9.47 Å². The number of benzene rings is 1. The lowest BCUT2D eigenvalue weighted by Gasteiger charge is -2.16. The molecule has 1 amide bonds. The first-order valence-electron chi connectivity index (χ1n) is 7.20. The van der Waals surface area contributed by atoms with Crippen molar-refractivity contribution in [2.45, 2.75) is 19.4 Å². The molecule has 2 aromatic rings. The third-order valence-corrected chi connectivity index (χ3v) is 3.41. The summed E-state index contributed by atoms with van der Waals surface area (Å²) in [7, 11) is 0. The Kier molecular flexibility index (Phi) is 4.18. The second kappa shape index (κ2) is 6.43. The van der Waals surface area contributed by atoms with E-state index in [9.17, 15) is 4.79 Å². The molecule has 3 rings (SSSR count). The quantitative estimate of drug-likeness (QED) is 0.940. The first-order chi connectivity index (χ1) is 10.7. The SMILES string of the molecule is C[C@@H](NC(=O)c1cnccn1)c1ccc2c(c1)OCCCO2. The molecule has 6 nitrogen and oxygen atoms in total. The van der Waals surface area contributed by atoms with Gasteiger partial charge in [0.15, 0.2) is 11.5 Å². The molecule has 1 aliphatic rings. The lowest BCUT2D eigenvalue weighted by atomic mass is 10.1. The second-order valence-electron chi connectivity index (χ2n) is 5.04. The minimum Gasteiger partial charge on any atom is -0.490 e. The maximum absolute atomic E-state index is 12.1. The predicted octanol–water partition coefficient (Wildman–Crippen LogP) is 2.13. The number of fused-ring (bicyclic) bond motifs is 1. The van der Waals surface area contributed by atoms with Crippen molar-refractivity contribution in [1.82, 2.24) is 15.3 Å². The third kappa shape index (κ3) is 3.16. The van der Waals surface area contributed by atoms with Crippen molar-refractivity contribution in [3.05, 3.63) is 48.0 Å². The average Bonchev–Trinajstić information content (AvgIpc) is 2.80. The van der Waals surface area contributed by atoms with Gasteiger partial charge in [0, 0.05) is 18.8 Å². The molecule has 22 heavy (non-hydrogen) atoms. The van der Waals surface area contributed by atoms with Crippen LogP contribution >= 0.6 is 0 Å². The van der Waals surface area contributed by atoms with E-state index in [0.717, 1.165) is 23.5 Å². The Balaban J connectivity index is 1.73. The molecule has 0 saturated carbocycles. The number of ether oxygens (including phenoxy) is 2. The van der Waals surface area contributed by atoms with E-state index < -0.39 is 0 Å².